The van der Waals surface area contributed by atoms with E-state index in [0.29, 0.717) is 45.1 Å². The SMILES string of the molecule is CCOc1cc(C=C2C(=O)N(C)C(=S)N2C)cc(Cl)c1OCc1cccc(F)c1. The summed E-state index contributed by atoms with van der Waals surface area (Å²) in [6.07, 6.45) is 1.70. The van der Waals surface area contributed by atoms with E-state index in [1.807, 2.05) is 6.92 Å². The summed E-state index contributed by atoms with van der Waals surface area (Å²) < 4.78 is 24.9. The van der Waals surface area contributed by atoms with E-state index in [1.54, 1.807) is 49.3 Å². The molecule has 2 aromatic rings. The summed E-state index contributed by atoms with van der Waals surface area (Å²) in [4.78, 5) is 15.4. The number of likely N-dealkylation sites (N-methyl/N-ethyl adjacent to an activating group) is 2. The summed E-state index contributed by atoms with van der Waals surface area (Å²) in [6.45, 7) is 2.38. The van der Waals surface area contributed by atoms with Gasteiger partial charge < -0.3 is 14.4 Å². The van der Waals surface area contributed by atoms with E-state index in [0.717, 1.165) is 0 Å². The molecule has 1 aliphatic rings. The average molecular weight is 435 g/mol. The number of halogens is 2. The molecule has 0 aromatic heterocycles. The predicted octanol–water partition coefficient (Wildman–Crippen LogP) is 4.49. The Balaban J connectivity index is 1.91. The van der Waals surface area contributed by atoms with Gasteiger partial charge in [0, 0.05) is 14.1 Å². The summed E-state index contributed by atoms with van der Waals surface area (Å²) in [5.41, 5.74) is 1.78. The van der Waals surface area contributed by atoms with E-state index in [4.69, 9.17) is 33.3 Å². The fraction of sp³-hybridized carbons (Fsp3) is 0.238. The topological polar surface area (TPSA) is 42.0 Å². The van der Waals surface area contributed by atoms with Crippen molar-refractivity contribution in [2.75, 3.05) is 20.7 Å². The Morgan fingerprint density at radius 2 is 1.93 bits per heavy atom. The number of nitrogens with zero attached hydrogens (tertiary/aromatic N) is 2. The molecule has 5 nitrogen and oxygen atoms in total. The Kier molecular flexibility index (Phi) is 6.39. The predicted molar refractivity (Wildman–Crippen MR) is 114 cm³/mol. The van der Waals surface area contributed by atoms with Gasteiger partial charge in [0.25, 0.3) is 5.91 Å². The van der Waals surface area contributed by atoms with Gasteiger partial charge >= 0.3 is 0 Å². The molecule has 1 fully saturated rings. The van der Waals surface area contributed by atoms with Crippen LogP contribution in [0.25, 0.3) is 6.08 Å². The van der Waals surface area contributed by atoms with E-state index in [2.05, 4.69) is 0 Å². The van der Waals surface area contributed by atoms with Crippen molar-refractivity contribution in [3.63, 3.8) is 0 Å². The lowest BCUT2D eigenvalue weighted by Gasteiger charge is -2.15. The molecule has 1 aliphatic heterocycles. The van der Waals surface area contributed by atoms with E-state index >= 15 is 0 Å². The molecule has 3 rings (SSSR count). The minimum Gasteiger partial charge on any atom is -0.490 e. The summed E-state index contributed by atoms with van der Waals surface area (Å²) >= 11 is 11.7. The summed E-state index contributed by atoms with van der Waals surface area (Å²) in [5, 5.41) is 0.746. The Bertz CT molecular complexity index is 996. The van der Waals surface area contributed by atoms with Crippen molar-refractivity contribution in [3.8, 4) is 11.5 Å². The Hall–Kier alpha value is -2.64. The first kappa shape index (κ1) is 21.1. The van der Waals surface area contributed by atoms with Crippen molar-refractivity contribution < 1.29 is 18.7 Å². The lowest BCUT2D eigenvalue weighted by Crippen LogP contribution is -2.26. The maximum Gasteiger partial charge on any atom is 0.276 e. The molecule has 0 atom stereocenters. The van der Waals surface area contributed by atoms with Crippen LogP contribution in [-0.2, 0) is 11.4 Å². The third kappa shape index (κ3) is 4.52. The molecule has 29 heavy (non-hydrogen) atoms. The lowest BCUT2D eigenvalue weighted by molar-refractivity contribution is -0.121. The Labute approximate surface area is 179 Å². The van der Waals surface area contributed by atoms with Gasteiger partial charge in [-0.05, 0) is 60.6 Å². The second-order valence-corrected chi connectivity index (χ2v) is 7.19. The van der Waals surface area contributed by atoms with Crippen LogP contribution in [0.3, 0.4) is 0 Å². The van der Waals surface area contributed by atoms with Gasteiger partial charge in [-0.1, -0.05) is 23.7 Å². The van der Waals surface area contributed by atoms with Crippen LogP contribution in [0.4, 0.5) is 4.39 Å². The minimum absolute atomic E-state index is 0.137. The summed E-state index contributed by atoms with van der Waals surface area (Å²) in [5.74, 6) is 0.265. The summed E-state index contributed by atoms with van der Waals surface area (Å²) in [7, 11) is 3.36. The van der Waals surface area contributed by atoms with Crippen molar-refractivity contribution in [2.45, 2.75) is 13.5 Å². The van der Waals surface area contributed by atoms with E-state index in [1.165, 1.54) is 17.0 Å². The van der Waals surface area contributed by atoms with Crippen LogP contribution in [0.1, 0.15) is 18.1 Å². The smallest absolute Gasteiger partial charge is 0.276 e. The van der Waals surface area contributed by atoms with Gasteiger partial charge in [0.2, 0.25) is 0 Å². The number of carbonyl (C=O) groups excluding carboxylic acids is 1. The number of amides is 1. The molecule has 0 aliphatic carbocycles. The second-order valence-electron chi connectivity index (χ2n) is 6.42. The molecule has 1 saturated heterocycles. The fourth-order valence-corrected chi connectivity index (χ4v) is 3.36. The van der Waals surface area contributed by atoms with Gasteiger partial charge in [0.1, 0.15) is 18.1 Å². The van der Waals surface area contributed by atoms with Crippen LogP contribution in [0.2, 0.25) is 5.02 Å². The van der Waals surface area contributed by atoms with Gasteiger partial charge in [-0.15, -0.1) is 0 Å². The van der Waals surface area contributed by atoms with Crippen LogP contribution in [-0.4, -0.2) is 41.5 Å². The number of hydrogen-bond donors (Lipinski definition) is 0. The first-order valence-corrected chi connectivity index (χ1v) is 9.71. The molecule has 0 unspecified atom stereocenters. The third-order valence-corrected chi connectivity index (χ3v) is 5.19. The molecule has 1 amide bonds. The molecule has 0 saturated carbocycles. The second kappa shape index (κ2) is 8.80. The molecule has 0 bridgehead atoms. The maximum atomic E-state index is 13.4. The number of carbonyl (C=O) groups is 1. The highest BCUT2D eigenvalue weighted by Crippen LogP contribution is 2.38. The quantitative estimate of drug-likeness (QED) is 0.495. The Morgan fingerprint density at radius 3 is 2.55 bits per heavy atom. The highest BCUT2D eigenvalue weighted by Gasteiger charge is 2.32. The minimum atomic E-state index is -0.336. The number of rotatable bonds is 6. The van der Waals surface area contributed by atoms with Crippen LogP contribution in [0, 0.1) is 5.82 Å². The Morgan fingerprint density at radius 1 is 1.17 bits per heavy atom. The number of benzene rings is 2. The first-order valence-electron chi connectivity index (χ1n) is 8.92. The highest BCUT2D eigenvalue weighted by atomic mass is 35.5. The fourth-order valence-electron chi connectivity index (χ4n) is 2.90. The van der Waals surface area contributed by atoms with Gasteiger partial charge in [-0.2, -0.15) is 0 Å². The van der Waals surface area contributed by atoms with E-state index in [9.17, 15) is 9.18 Å². The number of hydrogen-bond acceptors (Lipinski definition) is 4. The zero-order valence-electron chi connectivity index (χ0n) is 16.2. The van der Waals surface area contributed by atoms with Crippen molar-refractivity contribution in [1.82, 2.24) is 9.80 Å². The van der Waals surface area contributed by atoms with Gasteiger partial charge in [0.05, 0.1) is 11.6 Å². The van der Waals surface area contributed by atoms with Crippen LogP contribution < -0.4 is 9.47 Å². The normalized spacial score (nSPS) is 15.4. The van der Waals surface area contributed by atoms with Crippen LogP contribution in [0.5, 0.6) is 11.5 Å². The standard InChI is InChI=1S/C21H20ClFN2O3S/c1-4-27-18-11-14(10-17-20(26)25(3)21(29)24(17)2)9-16(22)19(18)28-12-13-6-5-7-15(23)8-13/h5-11H,4,12H2,1-3H3. The highest BCUT2D eigenvalue weighted by molar-refractivity contribution is 7.80. The lowest BCUT2D eigenvalue weighted by atomic mass is 10.1. The van der Waals surface area contributed by atoms with E-state index < -0.39 is 0 Å². The largest absolute Gasteiger partial charge is 0.490 e. The average Bonchev–Trinajstić information content (AvgIpc) is 2.85. The first-order chi connectivity index (χ1) is 13.8. The maximum absolute atomic E-state index is 13.4. The van der Waals surface area contributed by atoms with Crippen molar-refractivity contribution in [3.05, 3.63) is 64.1 Å². The third-order valence-electron chi connectivity index (χ3n) is 4.37. The van der Waals surface area contributed by atoms with E-state index in [-0.39, 0.29) is 18.3 Å². The molecule has 0 spiro atoms. The summed E-state index contributed by atoms with van der Waals surface area (Å²) in [6, 6.07) is 9.57. The van der Waals surface area contributed by atoms with Crippen LogP contribution >= 0.6 is 23.8 Å². The number of thiocarbonyl (C=S) groups is 1. The van der Waals surface area contributed by atoms with Crippen molar-refractivity contribution in [2.24, 2.45) is 0 Å². The molecule has 8 heteroatoms. The van der Waals surface area contributed by atoms with Gasteiger partial charge in [-0.3, -0.25) is 9.69 Å². The zero-order chi connectivity index (χ0) is 21.1. The molecular weight excluding hydrogens is 415 g/mol. The van der Waals surface area contributed by atoms with Crippen molar-refractivity contribution >= 4 is 40.9 Å². The van der Waals surface area contributed by atoms with Gasteiger partial charge in [0.15, 0.2) is 16.6 Å². The molecule has 0 N–H and O–H groups in total. The molecular formula is C21H20ClFN2O3S. The number of ether oxygens (including phenoxy) is 2. The molecule has 152 valence electrons. The molecule has 2 aromatic carbocycles. The van der Waals surface area contributed by atoms with Gasteiger partial charge in [-0.25, -0.2) is 4.39 Å². The monoisotopic (exact) mass is 434 g/mol. The van der Waals surface area contributed by atoms with Crippen molar-refractivity contribution in [1.29, 1.82) is 0 Å². The zero-order valence-corrected chi connectivity index (χ0v) is 17.8. The van der Waals surface area contributed by atoms with Crippen LogP contribution in [0.15, 0.2) is 42.1 Å². The molecule has 0 radical (unpaired) electrons. The molecule has 1 heterocycles.